The van der Waals surface area contributed by atoms with E-state index in [1.165, 1.54) is 0 Å². The zero-order valence-corrected chi connectivity index (χ0v) is 13.3. The number of hydrogen-bond acceptors (Lipinski definition) is 2. The highest BCUT2D eigenvalue weighted by Crippen LogP contribution is 2.32. The van der Waals surface area contributed by atoms with Crippen LogP contribution in [-0.4, -0.2) is 9.78 Å². The zero-order chi connectivity index (χ0) is 14.2. The van der Waals surface area contributed by atoms with Crippen molar-refractivity contribution in [1.82, 2.24) is 9.78 Å². The van der Waals surface area contributed by atoms with Crippen LogP contribution in [0.5, 0.6) is 0 Å². The average Bonchev–Trinajstić information content (AvgIpc) is 2.57. The van der Waals surface area contributed by atoms with Gasteiger partial charge in [-0.15, -0.1) is 0 Å². The fraction of sp³-hybridized carbons (Fsp3) is 0.250. The summed E-state index contributed by atoms with van der Waals surface area (Å²) in [5.41, 5.74) is 2.37. The summed E-state index contributed by atoms with van der Waals surface area (Å²) in [6.45, 7) is 2.35. The number of benzene rings is 1. The molecule has 0 unspecified atom stereocenters. The molecule has 1 aromatic heterocycles. The van der Waals surface area contributed by atoms with Crippen LogP contribution in [0.3, 0.4) is 0 Å². The minimum atomic E-state index is 0.423. The van der Waals surface area contributed by atoms with Crippen LogP contribution in [0.4, 0.5) is 5.69 Å². The molecular weight excluding hydrogens is 328 g/mol. The molecule has 2 aromatic rings. The highest BCUT2D eigenvalue weighted by Gasteiger charge is 2.12. The Kier molecular flexibility index (Phi) is 4.51. The standard InChI is InChI=1S/C12H11Cl4N3/c1-6-12(16)11(19(2)18-6)5-17-10-4-8(14)7(13)3-9(10)15/h3-4,17H,5H2,1-2H3. The van der Waals surface area contributed by atoms with Gasteiger partial charge in [-0.2, -0.15) is 5.10 Å². The minimum Gasteiger partial charge on any atom is -0.378 e. The van der Waals surface area contributed by atoms with Gasteiger partial charge >= 0.3 is 0 Å². The summed E-state index contributed by atoms with van der Waals surface area (Å²) in [6.07, 6.45) is 0. The number of aryl methyl sites for hydroxylation is 2. The maximum atomic E-state index is 6.17. The second kappa shape index (κ2) is 5.80. The van der Waals surface area contributed by atoms with Gasteiger partial charge in [0.05, 0.1) is 43.7 Å². The van der Waals surface area contributed by atoms with Gasteiger partial charge in [0.1, 0.15) is 0 Å². The van der Waals surface area contributed by atoms with Crippen LogP contribution >= 0.6 is 46.4 Å². The quantitative estimate of drug-likeness (QED) is 0.802. The lowest BCUT2D eigenvalue weighted by molar-refractivity contribution is 0.713. The normalized spacial score (nSPS) is 10.8. The molecule has 102 valence electrons. The fourth-order valence-electron chi connectivity index (χ4n) is 1.71. The summed E-state index contributed by atoms with van der Waals surface area (Å²) in [6, 6.07) is 3.28. The van der Waals surface area contributed by atoms with Crippen molar-refractivity contribution in [3.05, 3.63) is 43.6 Å². The molecule has 0 spiro atoms. The second-order valence-electron chi connectivity index (χ2n) is 4.07. The van der Waals surface area contributed by atoms with Gasteiger partial charge in [-0.05, 0) is 19.1 Å². The van der Waals surface area contributed by atoms with Crippen LogP contribution in [0.1, 0.15) is 11.4 Å². The summed E-state index contributed by atoms with van der Waals surface area (Å²) in [5, 5.41) is 9.43. The average molecular weight is 339 g/mol. The largest absolute Gasteiger partial charge is 0.378 e. The maximum Gasteiger partial charge on any atom is 0.0865 e. The molecular formula is C12H11Cl4N3. The Morgan fingerprint density at radius 3 is 2.32 bits per heavy atom. The molecule has 1 N–H and O–H groups in total. The summed E-state index contributed by atoms with van der Waals surface area (Å²) in [5.74, 6) is 0. The third-order valence-electron chi connectivity index (χ3n) is 2.72. The Bertz CT molecular complexity index is 622. The van der Waals surface area contributed by atoms with Crippen molar-refractivity contribution in [3.8, 4) is 0 Å². The summed E-state index contributed by atoms with van der Waals surface area (Å²) in [4.78, 5) is 0. The number of nitrogens with zero attached hydrogens (tertiary/aromatic N) is 2. The first-order valence-corrected chi connectivity index (χ1v) is 6.97. The Morgan fingerprint density at radius 1 is 1.11 bits per heavy atom. The first-order valence-electron chi connectivity index (χ1n) is 5.46. The molecule has 1 aromatic carbocycles. The maximum absolute atomic E-state index is 6.17. The molecule has 0 saturated carbocycles. The van der Waals surface area contributed by atoms with E-state index in [1.54, 1.807) is 16.8 Å². The molecule has 0 atom stereocenters. The van der Waals surface area contributed by atoms with Crippen molar-refractivity contribution >= 4 is 52.1 Å². The number of halogens is 4. The summed E-state index contributed by atoms with van der Waals surface area (Å²) >= 11 is 24.1. The predicted molar refractivity (Wildman–Crippen MR) is 81.8 cm³/mol. The fourth-order valence-corrected chi connectivity index (χ4v) is 2.55. The van der Waals surface area contributed by atoms with Gasteiger partial charge in [0, 0.05) is 7.05 Å². The van der Waals surface area contributed by atoms with Crippen LogP contribution in [0, 0.1) is 6.92 Å². The van der Waals surface area contributed by atoms with Gasteiger partial charge < -0.3 is 5.32 Å². The summed E-state index contributed by atoms with van der Waals surface area (Å²) in [7, 11) is 1.84. The lowest BCUT2D eigenvalue weighted by atomic mass is 10.3. The van der Waals surface area contributed by atoms with E-state index in [4.69, 9.17) is 46.4 Å². The third-order valence-corrected chi connectivity index (χ3v) is 4.24. The van der Waals surface area contributed by atoms with E-state index in [-0.39, 0.29) is 0 Å². The molecule has 19 heavy (non-hydrogen) atoms. The number of aromatic nitrogens is 2. The number of hydrogen-bond donors (Lipinski definition) is 1. The summed E-state index contributed by atoms with van der Waals surface area (Å²) < 4.78 is 1.73. The van der Waals surface area contributed by atoms with Gasteiger partial charge in [0.25, 0.3) is 0 Å². The molecule has 0 bridgehead atoms. The van der Waals surface area contributed by atoms with E-state index in [9.17, 15) is 0 Å². The van der Waals surface area contributed by atoms with Crippen LogP contribution in [-0.2, 0) is 13.6 Å². The first-order chi connectivity index (χ1) is 8.90. The van der Waals surface area contributed by atoms with Crippen LogP contribution in [0.15, 0.2) is 12.1 Å². The van der Waals surface area contributed by atoms with Crippen molar-refractivity contribution < 1.29 is 0 Å². The van der Waals surface area contributed by atoms with Crippen molar-refractivity contribution in [2.45, 2.75) is 13.5 Å². The molecule has 0 saturated heterocycles. The molecule has 0 fully saturated rings. The van der Waals surface area contributed by atoms with Gasteiger partial charge in [-0.3, -0.25) is 4.68 Å². The van der Waals surface area contributed by atoms with E-state index >= 15 is 0 Å². The van der Waals surface area contributed by atoms with Crippen LogP contribution in [0.25, 0.3) is 0 Å². The monoisotopic (exact) mass is 337 g/mol. The van der Waals surface area contributed by atoms with Crippen molar-refractivity contribution in [2.75, 3.05) is 5.32 Å². The predicted octanol–water partition coefficient (Wildman–Crippen LogP) is 4.95. The Labute approximate surface area is 131 Å². The van der Waals surface area contributed by atoms with Crippen molar-refractivity contribution in [2.24, 2.45) is 7.05 Å². The number of nitrogens with one attached hydrogen (secondary N) is 1. The van der Waals surface area contributed by atoms with E-state index in [1.807, 2.05) is 14.0 Å². The van der Waals surface area contributed by atoms with E-state index < -0.39 is 0 Å². The lowest BCUT2D eigenvalue weighted by Crippen LogP contribution is -2.06. The molecule has 0 aliphatic heterocycles. The topological polar surface area (TPSA) is 29.9 Å². The van der Waals surface area contributed by atoms with Gasteiger partial charge in [-0.1, -0.05) is 46.4 Å². The Hall–Kier alpha value is -0.610. The van der Waals surface area contributed by atoms with Gasteiger partial charge in [-0.25, -0.2) is 0 Å². The molecule has 7 heteroatoms. The van der Waals surface area contributed by atoms with Gasteiger partial charge in [0.2, 0.25) is 0 Å². The lowest BCUT2D eigenvalue weighted by Gasteiger charge is -2.10. The molecule has 0 radical (unpaired) electrons. The van der Waals surface area contributed by atoms with E-state index in [2.05, 4.69) is 10.4 Å². The Balaban J connectivity index is 2.21. The SMILES string of the molecule is Cc1nn(C)c(CNc2cc(Cl)c(Cl)cc2Cl)c1Cl. The highest BCUT2D eigenvalue weighted by molar-refractivity contribution is 6.44. The molecule has 2 rings (SSSR count). The van der Waals surface area contributed by atoms with Crippen molar-refractivity contribution in [3.63, 3.8) is 0 Å². The first kappa shape index (κ1) is 14.8. The van der Waals surface area contributed by atoms with Gasteiger partial charge in [0.15, 0.2) is 0 Å². The van der Waals surface area contributed by atoms with Crippen LogP contribution in [0.2, 0.25) is 20.1 Å². The number of anilines is 1. The second-order valence-corrected chi connectivity index (χ2v) is 5.67. The molecule has 3 nitrogen and oxygen atoms in total. The highest BCUT2D eigenvalue weighted by atomic mass is 35.5. The number of rotatable bonds is 3. The molecule has 0 aliphatic carbocycles. The Morgan fingerprint density at radius 2 is 1.74 bits per heavy atom. The van der Waals surface area contributed by atoms with E-state index in [0.717, 1.165) is 11.4 Å². The zero-order valence-electron chi connectivity index (χ0n) is 10.3. The minimum absolute atomic E-state index is 0.423. The van der Waals surface area contributed by atoms with Crippen LogP contribution < -0.4 is 5.32 Å². The molecule has 0 aliphatic rings. The van der Waals surface area contributed by atoms with Crippen molar-refractivity contribution in [1.29, 1.82) is 0 Å². The third kappa shape index (κ3) is 3.11. The smallest absolute Gasteiger partial charge is 0.0865 e. The molecule has 0 amide bonds. The molecule has 1 heterocycles. The van der Waals surface area contributed by atoms with E-state index in [0.29, 0.717) is 32.3 Å².